The Kier molecular flexibility index (Phi) is 3.47. The van der Waals surface area contributed by atoms with Gasteiger partial charge in [0.15, 0.2) is 4.80 Å². The standard InChI is InChI=1S/C17H16N2OS/c1-11-8-9-13(12(2)10-11)16(20)18-17-19(3)14-6-4-5-7-15(14)21-17/h4-10H,1-3H3. The van der Waals surface area contributed by atoms with Crippen LogP contribution in [0.15, 0.2) is 47.5 Å². The molecular weight excluding hydrogens is 280 g/mol. The van der Waals surface area contributed by atoms with E-state index in [1.165, 1.54) is 11.3 Å². The fourth-order valence-electron chi connectivity index (χ4n) is 2.39. The van der Waals surface area contributed by atoms with Gasteiger partial charge in [-0.05, 0) is 37.6 Å². The lowest BCUT2D eigenvalue weighted by Crippen LogP contribution is -2.13. The maximum absolute atomic E-state index is 12.4. The summed E-state index contributed by atoms with van der Waals surface area (Å²) < 4.78 is 3.09. The van der Waals surface area contributed by atoms with Gasteiger partial charge in [-0.1, -0.05) is 41.2 Å². The fourth-order valence-corrected chi connectivity index (χ4v) is 3.41. The Morgan fingerprint density at radius 2 is 1.90 bits per heavy atom. The third-order valence-corrected chi connectivity index (χ3v) is 4.64. The molecule has 0 spiro atoms. The van der Waals surface area contributed by atoms with Gasteiger partial charge in [-0.15, -0.1) is 0 Å². The summed E-state index contributed by atoms with van der Waals surface area (Å²) in [5.41, 5.74) is 3.87. The van der Waals surface area contributed by atoms with Crippen molar-refractivity contribution in [2.24, 2.45) is 12.0 Å². The molecule has 0 atom stereocenters. The number of carbonyl (C=O) groups excluding carboxylic acids is 1. The van der Waals surface area contributed by atoms with Crippen molar-refractivity contribution >= 4 is 27.5 Å². The predicted octanol–water partition coefficient (Wildman–Crippen LogP) is 3.60. The Hall–Kier alpha value is -2.20. The normalized spacial score (nSPS) is 12.0. The molecule has 1 heterocycles. The Morgan fingerprint density at radius 3 is 2.62 bits per heavy atom. The Bertz CT molecular complexity index is 903. The maximum Gasteiger partial charge on any atom is 0.279 e. The number of thiazole rings is 1. The number of fused-ring (bicyclic) bond motifs is 1. The number of hydrogen-bond donors (Lipinski definition) is 0. The van der Waals surface area contributed by atoms with Crippen molar-refractivity contribution in [2.75, 3.05) is 0 Å². The third kappa shape index (κ3) is 2.54. The summed E-state index contributed by atoms with van der Waals surface area (Å²) in [6, 6.07) is 13.9. The number of benzene rings is 2. The zero-order chi connectivity index (χ0) is 15.0. The monoisotopic (exact) mass is 296 g/mol. The quantitative estimate of drug-likeness (QED) is 0.675. The van der Waals surface area contributed by atoms with Crippen LogP contribution in [0.5, 0.6) is 0 Å². The van der Waals surface area contributed by atoms with E-state index < -0.39 is 0 Å². The van der Waals surface area contributed by atoms with E-state index in [0.717, 1.165) is 26.1 Å². The smallest absolute Gasteiger partial charge is 0.279 e. The number of rotatable bonds is 1. The molecule has 0 radical (unpaired) electrons. The second-order valence-corrected chi connectivity index (χ2v) is 6.16. The number of carbonyl (C=O) groups is 1. The predicted molar refractivity (Wildman–Crippen MR) is 86.6 cm³/mol. The van der Waals surface area contributed by atoms with E-state index in [0.29, 0.717) is 5.56 Å². The number of nitrogens with zero attached hydrogens (tertiary/aromatic N) is 2. The van der Waals surface area contributed by atoms with E-state index in [-0.39, 0.29) is 5.91 Å². The minimum atomic E-state index is -0.186. The summed E-state index contributed by atoms with van der Waals surface area (Å²) in [5.74, 6) is -0.186. The van der Waals surface area contributed by atoms with Gasteiger partial charge in [-0.2, -0.15) is 4.99 Å². The first-order valence-electron chi connectivity index (χ1n) is 6.77. The number of para-hydroxylation sites is 1. The van der Waals surface area contributed by atoms with Gasteiger partial charge < -0.3 is 4.57 Å². The first-order valence-corrected chi connectivity index (χ1v) is 7.59. The lowest BCUT2D eigenvalue weighted by atomic mass is 10.1. The molecule has 0 fully saturated rings. The van der Waals surface area contributed by atoms with E-state index in [4.69, 9.17) is 0 Å². The first-order chi connectivity index (χ1) is 10.1. The summed E-state index contributed by atoms with van der Waals surface area (Å²) in [4.78, 5) is 17.4. The molecule has 1 aromatic heterocycles. The molecule has 21 heavy (non-hydrogen) atoms. The lowest BCUT2D eigenvalue weighted by molar-refractivity contribution is 0.0997. The van der Waals surface area contributed by atoms with Gasteiger partial charge in [-0.25, -0.2) is 0 Å². The number of amides is 1. The highest BCUT2D eigenvalue weighted by molar-refractivity contribution is 7.16. The molecule has 4 heteroatoms. The molecular formula is C17H16N2OS. The van der Waals surface area contributed by atoms with Gasteiger partial charge >= 0.3 is 0 Å². The Labute approximate surface area is 127 Å². The maximum atomic E-state index is 12.4. The van der Waals surface area contributed by atoms with Gasteiger partial charge in [0.05, 0.1) is 10.2 Å². The lowest BCUT2D eigenvalue weighted by Gasteiger charge is -2.02. The van der Waals surface area contributed by atoms with Crippen molar-refractivity contribution in [1.82, 2.24) is 4.57 Å². The van der Waals surface area contributed by atoms with Crippen molar-refractivity contribution in [2.45, 2.75) is 13.8 Å². The topological polar surface area (TPSA) is 34.4 Å². The number of hydrogen-bond acceptors (Lipinski definition) is 2. The van der Waals surface area contributed by atoms with Crippen molar-refractivity contribution in [3.05, 3.63) is 64.0 Å². The molecule has 0 aliphatic rings. The first kappa shape index (κ1) is 13.8. The zero-order valence-corrected chi connectivity index (χ0v) is 13.1. The van der Waals surface area contributed by atoms with Crippen LogP contribution in [0.2, 0.25) is 0 Å². The second kappa shape index (κ2) is 5.30. The van der Waals surface area contributed by atoms with Crippen LogP contribution in [0.25, 0.3) is 10.2 Å². The summed E-state index contributed by atoms with van der Waals surface area (Å²) in [6.45, 7) is 3.96. The molecule has 106 valence electrons. The highest BCUT2D eigenvalue weighted by atomic mass is 32.1. The van der Waals surface area contributed by atoms with Crippen molar-refractivity contribution < 1.29 is 4.79 Å². The molecule has 3 rings (SSSR count). The van der Waals surface area contributed by atoms with E-state index >= 15 is 0 Å². The molecule has 3 aromatic rings. The SMILES string of the molecule is Cc1ccc(C(=O)N=c2sc3ccccc3n2C)c(C)c1. The van der Waals surface area contributed by atoms with Crippen LogP contribution >= 0.6 is 11.3 Å². The van der Waals surface area contributed by atoms with E-state index in [9.17, 15) is 4.79 Å². The Balaban J connectivity index is 2.11. The molecule has 0 saturated carbocycles. The summed E-state index contributed by atoms with van der Waals surface area (Å²) in [5, 5.41) is 0. The van der Waals surface area contributed by atoms with Crippen LogP contribution in [0, 0.1) is 13.8 Å². The minimum absolute atomic E-state index is 0.186. The molecule has 1 amide bonds. The van der Waals surface area contributed by atoms with E-state index in [2.05, 4.69) is 4.99 Å². The second-order valence-electron chi connectivity index (χ2n) is 5.15. The van der Waals surface area contributed by atoms with E-state index in [1.54, 1.807) is 0 Å². The van der Waals surface area contributed by atoms with Crippen LogP contribution in [0.4, 0.5) is 0 Å². The van der Waals surface area contributed by atoms with Crippen LogP contribution in [0.3, 0.4) is 0 Å². The van der Waals surface area contributed by atoms with Crippen LogP contribution in [-0.4, -0.2) is 10.5 Å². The molecule has 0 bridgehead atoms. The molecule has 0 unspecified atom stereocenters. The average Bonchev–Trinajstić information content (AvgIpc) is 2.76. The molecule has 0 aliphatic carbocycles. The summed E-state index contributed by atoms with van der Waals surface area (Å²) in [7, 11) is 1.94. The van der Waals surface area contributed by atoms with Crippen LogP contribution < -0.4 is 4.80 Å². The van der Waals surface area contributed by atoms with E-state index in [1.807, 2.05) is 67.9 Å². The number of aryl methyl sites for hydroxylation is 3. The highest BCUT2D eigenvalue weighted by Gasteiger charge is 2.09. The summed E-state index contributed by atoms with van der Waals surface area (Å²) >= 11 is 1.53. The number of aromatic nitrogens is 1. The van der Waals surface area contributed by atoms with Crippen molar-refractivity contribution in [3.8, 4) is 0 Å². The van der Waals surface area contributed by atoms with Crippen molar-refractivity contribution in [1.29, 1.82) is 0 Å². The van der Waals surface area contributed by atoms with Gasteiger partial charge in [0.1, 0.15) is 0 Å². The Morgan fingerprint density at radius 1 is 1.14 bits per heavy atom. The minimum Gasteiger partial charge on any atom is -0.319 e. The van der Waals surface area contributed by atoms with Gasteiger partial charge in [0.25, 0.3) is 5.91 Å². The molecule has 0 saturated heterocycles. The third-order valence-electron chi connectivity index (χ3n) is 3.52. The largest absolute Gasteiger partial charge is 0.319 e. The van der Waals surface area contributed by atoms with Gasteiger partial charge in [-0.3, -0.25) is 4.79 Å². The molecule has 0 aliphatic heterocycles. The average molecular weight is 296 g/mol. The molecule has 2 aromatic carbocycles. The van der Waals surface area contributed by atoms with Crippen LogP contribution in [0.1, 0.15) is 21.5 Å². The van der Waals surface area contributed by atoms with Crippen LogP contribution in [-0.2, 0) is 7.05 Å². The zero-order valence-electron chi connectivity index (χ0n) is 12.3. The van der Waals surface area contributed by atoms with Gasteiger partial charge in [0, 0.05) is 12.6 Å². The highest BCUT2D eigenvalue weighted by Crippen LogP contribution is 2.16. The van der Waals surface area contributed by atoms with Gasteiger partial charge in [0.2, 0.25) is 0 Å². The fraction of sp³-hybridized carbons (Fsp3) is 0.176. The molecule has 3 nitrogen and oxygen atoms in total. The van der Waals surface area contributed by atoms with Crippen molar-refractivity contribution in [3.63, 3.8) is 0 Å². The molecule has 0 N–H and O–H groups in total. The summed E-state index contributed by atoms with van der Waals surface area (Å²) in [6.07, 6.45) is 0.